The third-order valence-corrected chi connectivity index (χ3v) is 9.89. The maximum absolute atomic E-state index is 14.3. The molecule has 0 aliphatic carbocycles. The number of nitrogens with zero attached hydrogens (tertiary/aromatic N) is 1. The van der Waals surface area contributed by atoms with Crippen molar-refractivity contribution in [3.05, 3.63) is 108 Å². The van der Waals surface area contributed by atoms with Crippen molar-refractivity contribution in [2.45, 2.75) is 55.2 Å². The van der Waals surface area contributed by atoms with Crippen molar-refractivity contribution in [2.75, 3.05) is 0 Å². The number of allylic oxidation sites excluding steroid dienone is 1. The summed E-state index contributed by atoms with van der Waals surface area (Å²) in [5.41, 5.74) is 1.14. The van der Waals surface area contributed by atoms with Gasteiger partial charge in [-0.05, 0) is 54.8 Å². The van der Waals surface area contributed by atoms with Gasteiger partial charge in [0.25, 0.3) is 26.5 Å². The highest BCUT2D eigenvalue weighted by atomic mass is 32.3. The van der Waals surface area contributed by atoms with Gasteiger partial charge in [-0.2, -0.15) is 3.71 Å². The van der Waals surface area contributed by atoms with Crippen LogP contribution < -0.4 is 0 Å². The van der Waals surface area contributed by atoms with Gasteiger partial charge in [0.15, 0.2) is 0 Å². The lowest BCUT2D eigenvalue weighted by Gasteiger charge is -2.25. The van der Waals surface area contributed by atoms with E-state index in [1.165, 1.54) is 48.5 Å². The minimum atomic E-state index is -4.78. The van der Waals surface area contributed by atoms with Gasteiger partial charge >= 0.3 is 0 Å². The Hall–Kier alpha value is -3.33. The molecule has 0 saturated heterocycles. The number of sulfonamides is 2. The fourth-order valence-corrected chi connectivity index (χ4v) is 7.54. The van der Waals surface area contributed by atoms with E-state index in [1.54, 1.807) is 12.1 Å². The quantitative estimate of drug-likeness (QED) is 0.176. The van der Waals surface area contributed by atoms with Gasteiger partial charge in [-0.1, -0.05) is 80.4 Å². The molecular weight excluding hydrogens is 535 g/mol. The van der Waals surface area contributed by atoms with Crippen LogP contribution in [0.4, 0.5) is 13.2 Å². The van der Waals surface area contributed by atoms with Gasteiger partial charge in [0.1, 0.15) is 5.82 Å². The van der Waals surface area contributed by atoms with Gasteiger partial charge in [0, 0.05) is 0 Å². The van der Waals surface area contributed by atoms with Crippen LogP contribution in [0.5, 0.6) is 0 Å². The average molecular weight is 564 g/mol. The molecule has 0 unspecified atom stereocenters. The number of hydrogen-bond acceptors (Lipinski definition) is 4. The second kappa shape index (κ2) is 13.0. The summed E-state index contributed by atoms with van der Waals surface area (Å²) < 4.78 is 97.6. The summed E-state index contributed by atoms with van der Waals surface area (Å²) in [7, 11) is -9.56. The van der Waals surface area contributed by atoms with E-state index < -0.39 is 43.6 Å². The van der Waals surface area contributed by atoms with Gasteiger partial charge < -0.3 is 0 Å². The van der Waals surface area contributed by atoms with E-state index in [0.29, 0.717) is 12.8 Å². The van der Waals surface area contributed by atoms with Crippen LogP contribution in [-0.4, -0.2) is 27.0 Å². The Morgan fingerprint density at radius 3 is 1.71 bits per heavy atom. The highest BCUT2D eigenvalue weighted by molar-refractivity contribution is 8.04. The summed E-state index contributed by atoms with van der Waals surface area (Å²) in [5, 5.41) is 0. The second-order valence-corrected chi connectivity index (χ2v) is 12.2. The SMILES string of the molecule is CCCCCCC(=C=C(c1ccc(F)cc1)C(F)F)N(S(=O)(=O)c1ccccc1)S(=O)(=O)c1ccccc1. The molecule has 0 spiro atoms. The fourth-order valence-electron chi connectivity index (χ4n) is 3.75. The van der Waals surface area contributed by atoms with Crippen LogP contribution in [0.1, 0.15) is 44.6 Å². The van der Waals surface area contributed by atoms with Gasteiger partial charge in [-0.25, -0.2) is 30.0 Å². The number of halogens is 3. The molecule has 3 rings (SSSR count). The van der Waals surface area contributed by atoms with Crippen molar-refractivity contribution in [3.63, 3.8) is 0 Å². The van der Waals surface area contributed by atoms with Gasteiger partial charge in [-0.3, -0.25) is 0 Å². The van der Waals surface area contributed by atoms with Crippen LogP contribution in [-0.2, 0) is 20.0 Å². The zero-order valence-electron chi connectivity index (χ0n) is 20.7. The molecule has 0 N–H and O–H groups in total. The average Bonchev–Trinajstić information content (AvgIpc) is 2.90. The highest BCUT2D eigenvalue weighted by Gasteiger charge is 2.38. The molecule has 0 heterocycles. The minimum Gasteiger partial charge on any atom is -0.207 e. The van der Waals surface area contributed by atoms with Crippen LogP contribution in [0.25, 0.3) is 5.57 Å². The summed E-state index contributed by atoms with van der Waals surface area (Å²) in [5.74, 6) is -0.647. The van der Waals surface area contributed by atoms with E-state index in [1.807, 2.05) is 6.92 Å². The Balaban J connectivity index is 2.37. The predicted molar refractivity (Wildman–Crippen MR) is 141 cm³/mol. The number of unbranched alkanes of at least 4 members (excludes halogenated alkanes) is 3. The molecule has 202 valence electrons. The van der Waals surface area contributed by atoms with Gasteiger partial charge in [-0.15, -0.1) is 0 Å². The smallest absolute Gasteiger partial charge is 0.207 e. The molecule has 5 nitrogen and oxygen atoms in total. The highest BCUT2D eigenvalue weighted by Crippen LogP contribution is 2.32. The van der Waals surface area contributed by atoms with Crippen LogP contribution in [0.3, 0.4) is 0 Å². The monoisotopic (exact) mass is 563 g/mol. The zero-order chi connectivity index (χ0) is 27.8. The zero-order valence-corrected chi connectivity index (χ0v) is 22.4. The molecule has 0 amide bonds. The summed E-state index contributed by atoms with van der Waals surface area (Å²) in [6.07, 6.45) is -0.718. The van der Waals surface area contributed by atoms with Crippen molar-refractivity contribution in [1.82, 2.24) is 3.71 Å². The fraction of sp³-hybridized carbons (Fsp3) is 0.250. The predicted octanol–water partition coefficient (Wildman–Crippen LogP) is 7.01. The maximum atomic E-state index is 14.3. The molecule has 38 heavy (non-hydrogen) atoms. The second-order valence-electron chi connectivity index (χ2n) is 8.44. The van der Waals surface area contributed by atoms with E-state index in [-0.39, 0.29) is 25.5 Å². The maximum Gasteiger partial charge on any atom is 0.277 e. The molecule has 0 radical (unpaired) electrons. The topological polar surface area (TPSA) is 71.5 Å². The van der Waals surface area contributed by atoms with E-state index in [9.17, 15) is 30.0 Å². The first-order chi connectivity index (χ1) is 18.1. The molecule has 0 aromatic heterocycles. The third-order valence-electron chi connectivity index (χ3n) is 5.66. The van der Waals surface area contributed by atoms with E-state index in [0.717, 1.165) is 37.1 Å². The van der Waals surface area contributed by atoms with E-state index in [4.69, 9.17) is 0 Å². The lowest BCUT2D eigenvalue weighted by molar-refractivity contribution is 0.215. The van der Waals surface area contributed by atoms with E-state index >= 15 is 0 Å². The molecule has 3 aromatic carbocycles. The number of hydrogen-bond donors (Lipinski definition) is 0. The molecular formula is C28H28F3NO4S2. The number of rotatable bonds is 12. The van der Waals surface area contributed by atoms with Crippen LogP contribution in [0.2, 0.25) is 0 Å². The lowest BCUT2D eigenvalue weighted by Crippen LogP contribution is -2.36. The Bertz CT molecular complexity index is 1420. The Morgan fingerprint density at radius 2 is 1.26 bits per heavy atom. The van der Waals surface area contributed by atoms with Crippen LogP contribution in [0, 0.1) is 5.82 Å². The summed E-state index contributed by atoms with van der Waals surface area (Å²) in [6, 6.07) is 18.0. The largest absolute Gasteiger partial charge is 0.277 e. The Labute approximate surface area is 222 Å². The van der Waals surface area contributed by atoms with Gasteiger partial charge in [0.05, 0.1) is 21.1 Å². The lowest BCUT2D eigenvalue weighted by atomic mass is 10.1. The molecule has 0 atom stereocenters. The number of alkyl halides is 2. The number of benzene rings is 3. The summed E-state index contributed by atoms with van der Waals surface area (Å²) in [6.45, 7) is 1.96. The van der Waals surface area contributed by atoms with Gasteiger partial charge in [0.2, 0.25) is 0 Å². The first-order valence-electron chi connectivity index (χ1n) is 12.0. The van der Waals surface area contributed by atoms with Crippen molar-refractivity contribution >= 4 is 25.6 Å². The van der Waals surface area contributed by atoms with Crippen molar-refractivity contribution in [3.8, 4) is 0 Å². The summed E-state index contributed by atoms with van der Waals surface area (Å²) in [4.78, 5) is -0.652. The molecule has 3 aromatic rings. The normalized spacial score (nSPS) is 11.7. The molecule has 10 heteroatoms. The Morgan fingerprint density at radius 1 is 0.763 bits per heavy atom. The van der Waals surface area contributed by atoms with Crippen LogP contribution >= 0.6 is 0 Å². The molecule has 0 fully saturated rings. The van der Waals surface area contributed by atoms with Crippen molar-refractivity contribution < 1.29 is 30.0 Å². The minimum absolute atomic E-state index is 0.110. The standard InChI is InChI=1S/C28H28F3NO4S2/c1-2-3-4-7-12-24(21-27(28(30)31)22-17-19-23(29)20-18-22)32(37(33,34)25-13-8-5-9-14-25)38(35,36)26-15-10-6-11-16-26/h5-6,8-11,13-20,28H,2-4,7,12H2,1H3. The van der Waals surface area contributed by atoms with Crippen LogP contribution in [0.15, 0.2) is 106 Å². The van der Waals surface area contributed by atoms with Crippen molar-refractivity contribution in [1.29, 1.82) is 0 Å². The third kappa shape index (κ3) is 6.95. The summed E-state index contributed by atoms with van der Waals surface area (Å²) >= 11 is 0. The van der Waals surface area contributed by atoms with E-state index in [2.05, 4.69) is 5.73 Å². The molecule has 0 saturated carbocycles. The molecule has 0 aliphatic heterocycles. The Kier molecular flexibility index (Phi) is 9.96. The van der Waals surface area contributed by atoms with Crippen molar-refractivity contribution in [2.24, 2.45) is 0 Å². The molecule has 0 bridgehead atoms. The first kappa shape index (κ1) is 29.2. The first-order valence-corrected chi connectivity index (χ1v) is 14.9. The molecule has 0 aliphatic rings.